The molecule has 0 aromatic carbocycles. The van der Waals surface area contributed by atoms with E-state index in [0.717, 1.165) is 24.5 Å². The van der Waals surface area contributed by atoms with Gasteiger partial charge in [-0.2, -0.15) is 5.10 Å². The van der Waals surface area contributed by atoms with Gasteiger partial charge >= 0.3 is 0 Å². The van der Waals surface area contributed by atoms with Gasteiger partial charge in [0, 0.05) is 19.0 Å². The maximum absolute atomic E-state index is 5.68. The second kappa shape index (κ2) is 5.10. The third-order valence-corrected chi connectivity index (χ3v) is 2.27. The molecule has 0 fully saturated rings. The van der Waals surface area contributed by atoms with Gasteiger partial charge in [0.1, 0.15) is 0 Å². The van der Waals surface area contributed by atoms with Crippen molar-refractivity contribution in [1.82, 2.24) is 15.2 Å². The van der Waals surface area contributed by atoms with E-state index in [2.05, 4.69) is 15.2 Å². The number of aryl methyl sites for hydroxylation is 2. The number of anilines is 1. The molecule has 0 bridgehead atoms. The monoisotopic (exact) mass is 214 g/mol. The first-order valence-corrected chi connectivity index (χ1v) is 5.21. The van der Waals surface area contributed by atoms with Crippen LogP contribution >= 0.6 is 11.6 Å². The molecular weight excluding hydrogens is 200 g/mol. The van der Waals surface area contributed by atoms with Crippen LogP contribution in [-0.4, -0.2) is 34.2 Å². The van der Waals surface area contributed by atoms with Crippen molar-refractivity contribution in [2.75, 3.05) is 23.9 Å². The summed E-state index contributed by atoms with van der Waals surface area (Å²) in [5, 5.41) is 8.07. The smallest absolute Gasteiger partial charge is 0.245 e. The number of nitrogens with zero attached hydrogens (tertiary/aromatic N) is 4. The summed E-state index contributed by atoms with van der Waals surface area (Å²) >= 11 is 5.68. The highest BCUT2D eigenvalue weighted by Crippen LogP contribution is 2.07. The van der Waals surface area contributed by atoms with Crippen LogP contribution in [0, 0.1) is 13.8 Å². The van der Waals surface area contributed by atoms with E-state index in [-0.39, 0.29) is 0 Å². The second-order valence-corrected chi connectivity index (χ2v) is 3.43. The van der Waals surface area contributed by atoms with Crippen LogP contribution in [0.2, 0.25) is 0 Å². The Hall–Kier alpha value is -0.900. The minimum atomic E-state index is 0.574. The lowest BCUT2D eigenvalue weighted by molar-refractivity contribution is 0.778. The van der Waals surface area contributed by atoms with Crippen molar-refractivity contribution in [2.24, 2.45) is 0 Å². The van der Waals surface area contributed by atoms with Crippen molar-refractivity contribution in [2.45, 2.75) is 20.8 Å². The highest BCUT2D eigenvalue weighted by molar-refractivity contribution is 6.18. The molecule has 0 aliphatic rings. The number of hydrogen-bond acceptors (Lipinski definition) is 4. The Labute approximate surface area is 89.3 Å². The minimum absolute atomic E-state index is 0.574. The molecule has 0 amide bonds. The predicted octanol–water partition coefficient (Wildman–Crippen LogP) is 1.55. The Kier molecular flexibility index (Phi) is 4.07. The topological polar surface area (TPSA) is 41.9 Å². The molecule has 1 heterocycles. The predicted molar refractivity (Wildman–Crippen MR) is 57.9 cm³/mol. The van der Waals surface area contributed by atoms with Gasteiger partial charge in [0.25, 0.3) is 0 Å². The van der Waals surface area contributed by atoms with E-state index in [1.807, 2.05) is 25.7 Å². The van der Waals surface area contributed by atoms with E-state index in [4.69, 9.17) is 11.6 Å². The van der Waals surface area contributed by atoms with Crippen molar-refractivity contribution in [3.63, 3.8) is 0 Å². The largest absolute Gasteiger partial charge is 0.339 e. The summed E-state index contributed by atoms with van der Waals surface area (Å²) in [6.45, 7) is 7.48. The third-order valence-electron chi connectivity index (χ3n) is 2.10. The molecule has 1 aromatic heterocycles. The number of hydrogen-bond donors (Lipinski definition) is 0. The molecule has 0 saturated carbocycles. The van der Waals surface area contributed by atoms with Crippen LogP contribution < -0.4 is 4.90 Å². The van der Waals surface area contributed by atoms with E-state index < -0.39 is 0 Å². The molecule has 1 aromatic rings. The number of rotatable bonds is 4. The van der Waals surface area contributed by atoms with Crippen LogP contribution in [0.5, 0.6) is 0 Å². The van der Waals surface area contributed by atoms with E-state index in [0.29, 0.717) is 11.8 Å². The van der Waals surface area contributed by atoms with Crippen molar-refractivity contribution in [1.29, 1.82) is 0 Å². The van der Waals surface area contributed by atoms with Gasteiger partial charge in [0.05, 0.1) is 11.4 Å². The Balaban J connectivity index is 2.88. The van der Waals surface area contributed by atoms with E-state index >= 15 is 0 Å². The summed E-state index contributed by atoms with van der Waals surface area (Å²) in [4.78, 5) is 6.36. The van der Waals surface area contributed by atoms with E-state index in [1.54, 1.807) is 0 Å². The fraction of sp³-hybridized carbons (Fsp3) is 0.667. The zero-order chi connectivity index (χ0) is 10.6. The molecule has 0 N–H and O–H groups in total. The van der Waals surface area contributed by atoms with Crippen molar-refractivity contribution >= 4 is 17.5 Å². The lowest BCUT2D eigenvalue weighted by Gasteiger charge is -2.18. The maximum atomic E-state index is 5.68. The molecule has 0 spiro atoms. The molecule has 14 heavy (non-hydrogen) atoms. The zero-order valence-electron chi connectivity index (χ0n) is 8.79. The van der Waals surface area contributed by atoms with E-state index in [1.165, 1.54) is 0 Å². The van der Waals surface area contributed by atoms with Crippen LogP contribution in [0.3, 0.4) is 0 Å². The first kappa shape index (κ1) is 11.2. The minimum Gasteiger partial charge on any atom is -0.339 e. The quantitative estimate of drug-likeness (QED) is 0.714. The number of halogens is 1. The molecule has 0 radical (unpaired) electrons. The van der Waals surface area contributed by atoms with Crippen molar-refractivity contribution in [3.05, 3.63) is 11.4 Å². The number of aromatic nitrogens is 3. The summed E-state index contributed by atoms with van der Waals surface area (Å²) < 4.78 is 0. The highest BCUT2D eigenvalue weighted by Gasteiger charge is 2.08. The Morgan fingerprint density at radius 3 is 2.43 bits per heavy atom. The third kappa shape index (κ3) is 2.54. The average molecular weight is 215 g/mol. The van der Waals surface area contributed by atoms with Crippen molar-refractivity contribution in [3.8, 4) is 0 Å². The summed E-state index contributed by atoms with van der Waals surface area (Å²) in [6.07, 6.45) is 0. The first-order chi connectivity index (χ1) is 6.69. The van der Waals surface area contributed by atoms with E-state index in [9.17, 15) is 0 Å². The molecule has 4 nitrogen and oxygen atoms in total. The SMILES string of the molecule is CCN(CCCl)c1nnc(C)c(C)n1. The van der Waals surface area contributed by atoms with Gasteiger partial charge < -0.3 is 4.90 Å². The molecule has 1 rings (SSSR count). The fourth-order valence-electron chi connectivity index (χ4n) is 1.08. The van der Waals surface area contributed by atoms with Gasteiger partial charge in [-0.25, -0.2) is 4.98 Å². The van der Waals surface area contributed by atoms with Gasteiger partial charge in [0.2, 0.25) is 5.95 Å². The van der Waals surface area contributed by atoms with Crippen LogP contribution in [0.1, 0.15) is 18.3 Å². The molecule has 5 heteroatoms. The highest BCUT2D eigenvalue weighted by atomic mass is 35.5. The average Bonchev–Trinajstić information content (AvgIpc) is 2.19. The molecule has 0 aliphatic carbocycles. The normalized spacial score (nSPS) is 10.3. The molecule has 0 saturated heterocycles. The van der Waals surface area contributed by atoms with Crippen LogP contribution in [0.15, 0.2) is 0 Å². The summed E-state index contributed by atoms with van der Waals surface area (Å²) in [6, 6.07) is 0. The molecule has 78 valence electrons. The molecule has 0 unspecified atom stereocenters. The molecular formula is C9H15ClN4. The van der Waals surface area contributed by atoms with Gasteiger partial charge in [-0.3, -0.25) is 0 Å². The maximum Gasteiger partial charge on any atom is 0.245 e. The molecule has 0 aliphatic heterocycles. The standard InChI is InChI=1S/C9H15ClN4/c1-4-14(6-5-10)9-11-7(2)8(3)12-13-9/h4-6H2,1-3H3. The lowest BCUT2D eigenvalue weighted by Crippen LogP contribution is -2.27. The van der Waals surface area contributed by atoms with Gasteiger partial charge in [-0.05, 0) is 20.8 Å². The van der Waals surface area contributed by atoms with Crippen LogP contribution in [0.4, 0.5) is 5.95 Å². The zero-order valence-corrected chi connectivity index (χ0v) is 9.54. The van der Waals surface area contributed by atoms with Gasteiger partial charge in [-0.1, -0.05) is 0 Å². The molecule has 0 atom stereocenters. The number of alkyl halides is 1. The van der Waals surface area contributed by atoms with Crippen LogP contribution in [0.25, 0.3) is 0 Å². The van der Waals surface area contributed by atoms with Gasteiger partial charge in [0.15, 0.2) is 0 Å². The van der Waals surface area contributed by atoms with Crippen LogP contribution in [-0.2, 0) is 0 Å². The summed E-state index contributed by atoms with van der Waals surface area (Å²) in [5.74, 6) is 1.24. The Morgan fingerprint density at radius 1 is 1.21 bits per heavy atom. The summed E-state index contributed by atoms with van der Waals surface area (Å²) in [7, 11) is 0. The Morgan fingerprint density at radius 2 is 1.93 bits per heavy atom. The fourth-order valence-corrected chi connectivity index (χ4v) is 1.28. The van der Waals surface area contributed by atoms with Gasteiger partial charge in [-0.15, -0.1) is 16.7 Å². The second-order valence-electron chi connectivity index (χ2n) is 3.05. The Bertz CT molecular complexity index is 303. The first-order valence-electron chi connectivity index (χ1n) is 4.67. The van der Waals surface area contributed by atoms with Crippen molar-refractivity contribution < 1.29 is 0 Å². The lowest BCUT2D eigenvalue weighted by atomic mass is 10.4. The summed E-state index contributed by atoms with van der Waals surface area (Å²) in [5.41, 5.74) is 1.79.